The molecule has 0 fully saturated rings. The minimum atomic E-state index is -0.0794. The molecule has 2 heterocycles. The number of aromatic nitrogens is 4. The van der Waals surface area contributed by atoms with Gasteiger partial charge in [-0.05, 0) is 44.0 Å². The van der Waals surface area contributed by atoms with E-state index in [-0.39, 0.29) is 5.56 Å². The number of unbranched alkanes of at least 4 members (excludes halogenated alkanes) is 1. The maximum Gasteiger partial charge on any atom is 0.266 e. The van der Waals surface area contributed by atoms with Crippen LogP contribution in [-0.2, 0) is 12.2 Å². The van der Waals surface area contributed by atoms with Gasteiger partial charge in [-0.25, -0.2) is 4.98 Å². The molecule has 2 aromatic heterocycles. The molecular weight excluding hydrogens is 396 g/mol. The van der Waals surface area contributed by atoms with E-state index in [1.54, 1.807) is 4.57 Å². The second-order valence-electron chi connectivity index (χ2n) is 7.34. The summed E-state index contributed by atoms with van der Waals surface area (Å²) in [5.41, 5.74) is 3.61. The van der Waals surface area contributed by atoms with Crippen LogP contribution in [0.1, 0.15) is 42.6 Å². The summed E-state index contributed by atoms with van der Waals surface area (Å²) in [6.07, 6.45) is 2.93. The van der Waals surface area contributed by atoms with Gasteiger partial charge in [0, 0.05) is 6.42 Å². The highest BCUT2D eigenvalue weighted by Gasteiger charge is 2.16. The molecule has 0 radical (unpaired) electrons. The minimum absolute atomic E-state index is 0.0794. The first kappa shape index (κ1) is 20.3. The second kappa shape index (κ2) is 8.83. The van der Waals surface area contributed by atoms with Crippen LogP contribution < -0.4 is 5.56 Å². The SMILES string of the molecule is CCCCc1noc(CSc2nc3ccccc3c(=O)n2-c2ccc(C)cc2C)n1. The third kappa shape index (κ3) is 4.16. The van der Waals surface area contributed by atoms with Gasteiger partial charge in [-0.1, -0.05) is 60.1 Å². The summed E-state index contributed by atoms with van der Waals surface area (Å²) in [6, 6.07) is 13.5. The molecule has 0 bridgehead atoms. The van der Waals surface area contributed by atoms with Crippen LogP contribution in [0.5, 0.6) is 0 Å². The molecule has 0 N–H and O–H groups in total. The molecule has 0 saturated heterocycles. The van der Waals surface area contributed by atoms with Crippen molar-refractivity contribution < 1.29 is 4.52 Å². The van der Waals surface area contributed by atoms with Crippen LogP contribution in [0, 0.1) is 13.8 Å². The second-order valence-corrected chi connectivity index (χ2v) is 8.28. The van der Waals surface area contributed by atoms with Crippen molar-refractivity contribution in [2.45, 2.75) is 50.9 Å². The summed E-state index contributed by atoms with van der Waals surface area (Å²) in [7, 11) is 0. The van der Waals surface area contributed by atoms with Crippen molar-refractivity contribution in [3.63, 3.8) is 0 Å². The third-order valence-electron chi connectivity index (χ3n) is 4.93. The fourth-order valence-corrected chi connectivity index (χ4v) is 4.23. The van der Waals surface area contributed by atoms with E-state index in [0.29, 0.717) is 27.7 Å². The van der Waals surface area contributed by atoms with Crippen molar-refractivity contribution in [3.8, 4) is 5.69 Å². The number of para-hydroxylation sites is 1. The van der Waals surface area contributed by atoms with Gasteiger partial charge in [0.2, 0.25) is 5.89 Å². The van der Waals surface area contributed by atoms with Crippen molar-refractivity contribution in [2.75, 3.05) is 0 Å². The van der Waals surface area contributed by atoms with E-state index in [1.165, 1.54) is 11.8 Å². The highest BCUT2D eigenvalue weighted by molar-refractivity contribution is 7.98. The Kier molecular flexibility index (Phi) is 5.99. The molecule has 154 valence electrons. The van der Waals surface area contributed by atoms with Gasteiger partial charge in [-0.2, -0.15) is 4.98 Å². The molecule has 30 heavy (non-hydrogen) atoms. The van der Waals surface area contributed by atoms with Gasteiger partial charge in [0.1, 0.15) is 0 Å². The van der Waals surface area contributed by atoms with Gasteiger partial charge in [0.05, 0.1) is 22.3 Å². The number of hydrogen-bond donors (Lipinski definition) is 0. The predicted molar refractivity (Wildman–Crippen MR) is 119 cm³/mol. The number of benzene rings is 2. The van der Waals surface area contributed by atoms with Crippen molar-refractivity contribution >= 4 is 22.7 Å². The molecular formula is C23H24N4O2S. The number of fused-ring (bicyclic) bond motifs is 1. The fourth-order valence-electron chi connectivity index (χ4n) is 3.39. The van der Waals surface area contributed by atoms with Crippen molar-refractivity contribution in [1.82, 2.24) is 19.7 Å². The number of nitrogens with zero attached hydrogens (tertiary/aromatic N) is 4. The molecule has 0 aliphatic heterocycles. The van der Waals surface area contributed by atoms with Gasteiger partial charge in [0.15, 0.2) is 11.0 Å². The van der Waals surface area contributed by atoms with Crippen LogP contribution in [0.2, 0.25) is 0 Å². The molecule has 6 nitrogen and oxygen atoms in total. The molecule has 0 aliphatic carbocycles. The molecule has 0 amide bonds. The van der Waals surface area contributed by atoms with Gasteiger partial charge in [-0.3, -0.25) is 9.36 Å². The van der Waals surface area contributed by atoms with E-state index in [9.17, 15) is 4.79 Å². The molecule has 0 spiro atoms. The topological polar surface area (TPSA) is 73.8 Å². The molecule has 0 unspecified atom stereocenters. The van der Waals surface area contributed by atoms with Gasteiger partial charge in [-0.15, -0.1) is 0 Å². The third-order valence-corrected chi connectivity index (χ3v) is 5.85. The molecule has 2 aromatic carbocycles. The summed E-state index contributed by atoms with van der Waals surface area (Å²) >= 11 is 1.43. The molecule has 4 rings (SSSR count). The zero-order chi connectivity index (χ0) is 21.1. The summed E-state index contributed by atoms with van der Waals surface area (Å²) < 4.78 is 7.08. The Hall–Kier alpha value is -2.93. The van der Waals surface area contributed by atoms with E-state index in [4.69, 9.17) is 9.51 Å². The number of rotatable bonds is 7. The number of aryl methyl sites for hydroxylation is 3. The lowest BCUT2D eigenvalue weighted by molar-refractivity contribution is 0.384. The normalized spacial score (nSPS) is 11.3. The quantitative estimate of drug-likeness (QED) is 0.309. The van der Waals surface area contributed by atoms with E-state index >= 15 is 0 Å². The van der Waals surface area contributed by atoms with E-state index in [1.807, 2.05) is 50.2 Å². The first-order valence-electron chi connectivity index (χ1n) is 10.1. The number of thioether (sulfide) groups is 1. The largest absolute Gasteiger partial charge is 0.338 e. The molecule has 4 aromatic rings. The lowest BCUT2D eigenvalue weighted by Crippen LogP contribution is -2.22. The monoisotopic (exact) mass is 420 g/mol. The fraction of sp³-hybridized carbons (Fsp3) is 0.304. The first-order chi connectivity index (χ1) is 14.6. The van der Waals surface area contributed by atoms with Crippen LogP contribution in [-0.4, -0.2) is 19.7 Å². The molecule has 7 heteroatoms. The molecule has 0 aliphatic rings. The highest BCUT2D eigenvalue weighted by Crippen LogP contribution is 2.26. The maximum absolute atomic E-state index is 13.4. The zero-order valence-electron chi connectivity index (χ0n) is 17.4. The Balaban J connectivity index is 1.74. The average molecular weight is 421 g/mol. The van der Waals surface area contributed by atoms with Gasteiger partial charge < -0.3 is 4.52 Å². The van der Waals surface area contributed by atoms with E-state index in [2.05, 4.69) is 23.1 Å². The van der Waals surface area contributed by atoms with Crippen molar-refractivity contribution in [2.24, 2.45) is 0 Å². The van der Waals surface area contributed by atoms with Crippen molar-refractivity contribution in [1.29, 1.82) is 0 Å². The average Bonchev–Trinajstić information content (AvgIpc) is 3.19. The summed E-state index contributed by atoms with van der Waals surface area (Å²) in [5, 5.41) is 5.26. The predicted octanol–water partition coefficient (Wildman–Crippen LogP) is 5.02. The molecule has 0 saturated carbocycles. The van der Waals surface area contributed by atoms with Gasteiger partial charge in [0.25, 0.3) is 5.56 Å². The highest BCUT2D eigenvalue weighted by atomic mass is 32.2. The summed E-state index contributed by atoms with van der Waals surface area (Å²) in [5.74, 6) is 1.72. The lowest BCUT2D eigenvalue weighted by atomic mass is 10.1. The van der Waals surface area contributed by atoms with Crippen LogP contribution in [0.25, 0.3) is 16.6 Å². The van der Waals surface area contributed by atoms with Crippen LogP contribution >= 0.6 is 11.8 Å². The van der Waals surface area contributed by atoms with Crippen molar-refractivity contribution in [3.05, 3.63) is 75.7 Å². The maximum atomic E-state index is 13.4. The van der Waals surface area contributed by atoms with Crippen LogP contribution in [0.15, 0.2) is 56.9 Å². The van der Waals surface area contributed by atoms with Crippen LogP contribution in [0.3, 0.4) is 0 Å². The molecule has 0 atom stereocenters. The minimum Gasteiger partial charge on any atom is -0.338 e. The zero-order valence-corrected chi connectivity index (χ0v) is 18.2. The summed E-state index contributed by atoms with van der Waals surface area (Å²) in [6.45, 7) is 6.19. The summed E-state index contributed by atoms with van der Waals surface area (Å²) in [4.78, 5) is 22.6. The Morgan fingerprint density at radius 3 is 2.73 bits per heavy atom. The lowest BCUT2D eigenvalue weighted by Gasteiger charge is -2.15. The first-order valence-corrected chi connectivity index (χ1v) is 11.1. The Labute approximate surface area is 179 Å². The standard InChI is InChI=1S/C23H24N4O2S/c1-4-5-10-20-25-21(29-26-20)14-30-23-24-18-9-7-6-8-17(18)22(28)27(23)19-12-11-15(2)13-16(19)3/h6-9,11-13H,4-5,10,14H2,1-3H3. The van der Waals surface area contributed by atoms with E-state index < -0.39 is 0 Å². The smallest absolute Gasteiger partial charge is 0.266 e. The van der Waals surface area contributed by atoms with E-state index in [0.717, 1.165) is 41.9 Å². The number of hydrogen-bond acceptors (Lipinski definition) is 6. The Bertz CT molecular complexity index is 1250. The Morgan fingerprint density at radius 2 is 1.93 bits per heavy atom. The Morgan fingerprint density at radius 1 is 1.10 bits per heavy atom. The van der Waals surface area contributed by atoms with Gasteiger partial charge >= 0.3 is 0 Å². The van der Waals surface area contributed by atoms with Crippen LogP contribution in [0.4, 0.5) is 0 Å².